The Kier molecular flexibility index (Phi) is 6.71. The van der Waals surface area contributed by atoms with Crippen LogP contribution >= 0.6 is 11.8 Å². The molecule has 1 aromatic heterocycles. The first kappa shape index (κ1) is 17.6. The molecule has 1 amide bonds. The van der Waals surface area contributed by atoms with E-state index in [2.05, 4.69) is 42.5 Å². The van der Waals surface area contributed by atoms with E-state index in [1.54, 1.807) is 6.20 Å². The van der Waals surface area contributed by atoms with Crippen LogP contribution in [-0.4, -0.2) is 39.2 Å². The first-order valence-corrected chi connectivity index (χ1v) is 9.15. The number of carbonyl (C=O) groups excluding carboxylic acids is 1. The molecule has 0 radical (unpaired) electrons. The van der Waals surface area contributed by atoms with Gasteiger partial charge in [-0.1, -0.05) is 43.8 Å². The van der Waals surface area contributed by atoms with Crippen LogP contribution in [0.2, 0.25) is 0 Å². The number of aromatic nitrogens is 2. The van der Waals surface area contributed by atoms with Crippen molar-refractivity contribution in [3.8, 4) is 5.69 Å². The van der Waals surface area contributed by atoms with Crippen LogP contribution in [0, 0.1) is 6.92 Å². The molecule has 0 aliphatic rings. The molecule has 2 aromatic rings. The highest BCUT2D eigenvalue weighted by Crippen LogP contribution is 2.22. The molecule has 0 aliphatic heterocycles. The van der Waals surface area contributed by atoms with Gasteiger partial charge in [0.2, 0.25) is 5.91 Å². The van der Waals surface area contributed by atoms with E-state index in [1.165, 1.54) is 17.3 Å². The van der Waals surface area contributed by atoms with Gasteiger partial charge in [-0.2, -0.15) is 0 Å². The molecule has 0 aliphatic carbocycles. The molecule has 1 heterocycles. The number of carbonyl (C=O) groups is 1. The minimum atomic E-state index is 0.193. The maximum absolute atomic E-state index is 12.4. The average Bonchev–Trinajstić information content (AvgIpc) is 3.01. The van der Waals surface area contributed by atoms with E-state index in [0.717, 1.165) is 36.8 Å². The molecule has 2 rings (SSSR count). The van der Waals surface area contributed by atoms with Gasteiger partial charge in [-0.05, 0) is 31.4 Å². The molecule has 23 heavy (non-hydrogen) atoms. The summed E-state index contributed by atoms with van der Waals surface area (Å²) in [7, 11) is 0. The second kappa shape index (κ2) is 8.77. The number of aryl methyl sites for hydroxylation is 1. The molecule has 0 atom stereocenters. The Morgan fingerprint density at radius 1 is 1.22 bits per heavy atom. The molecule has 4 nitrogen and oxygen atoms in total. The minimum absolute atomic E-state index is 0.193. The predicted molar refractivity (Wildman–Crippen MR) is 96.2 cm³/mol. The molecular formula is C18H25N3OS. The highest BCUT2D eigenvalue weighted by atomic mass is 32.2. The lowest BCUT2D eigenvalue weighted by Gasteiger charge is -2.21. The summed E-state index contributed by atoms with van der Waals surface area (Å²) in [5.74, 6) is 0.626. The normalized spacial score (nSPS) is 10.7. The molecule has 1 aromatic carbocycles. The van der Waals surface area contributed by atoms with Gasteiger partial charge in [0.15, 0.2) is 5.16 Å². The highest BCUT2D eigenvalue weighted by Gasteiger charge is 2.14. The summed E-state index contributed by atoms with van der Waals surface area (Å²) in [6, 6.07) is 8.20. The zero-order valence-electron chi connectivity index (χ0n) is 14.2. The topological polar surface area (TPSA) is 38.1 Å². The number of amides is 1. The number of benzene rings is 1. The van der Waals surface area contributed by atoms with Gasteiger partial charge in [-0.15, -0.1) is 0 Å². The van der Waals surface area contributed by atoms with Gasteiger partial charge < -0.3 is 4.90 Å². The number of nitrogens with zero attached hydrogens (tertiary/aromatic N) is 3. The van der Waals surface area contributed by atoms with Crippen molar-refractivity contribution >= 4 is 17.7 Å². The van der Waals surface area contributed by atoms with E-state index < -0.39 is 0 Å². The first-order valence-electron chi connectivity index (χ1n) is 8.17. The second-order valence-corrected chi connectivity index (χ2v) is 6.48. The SMILES string of the molecule is CCCN(CCC)C(=O)CSc1nccn1-c1ccccc1C. The van der Waals surface area contributed by atoms with E-state index >= 15 is 0 Å². The van der Waals surface area contributed by atoms with Crippen molar-refractivity contribution in [2.75, 3.05) is 18.8 Å². The third kappa shape index (κ3) is 4.61. The lowest BCUT2D eigenvalue weighted by atomic mass is 10.2. The van der Waals surface area contributed by atoms with Crippen molar-refractivity contribution in [1.29, 1.82) is 0 Å². The Balaban J connectivity index is 2.06. The first-order chi connectivity index (χ1) is 11.2. The van der Waals surface area contributed by atoms with Crippen LogP contribution in [0.1, 0.15) is 32.3 Å². The Bertz CT molecular complexity index is 633. The fourth-order valence-electron chi connectivity index (χ4n) is 2.53. The van der Waals surface area contributed by atoms with Crippen LogP contribution in [0.15, 0.2) is 41.8 Å². The zero-order chi connectivity index (χ0) is 16.7. The van der Waals surface area contributed by atoms with Crippen LogP contribution in [-0.2, 0) is 4.79 Å². The highest BCUT2D eigenvalue weighted by molar-refractivity contribution is 7.99. The zero-order valence-corrected chi connectivity index (χ0v) is 15.0. The molecule has 0 saturated heterocycles. The molecule has 124 valence electrons. The third-order valence-corrected chi connectivity index (χ3v) is 4.60. The lowest BCUT2D eigenvalue weighted by Crippen LogP contribution is -2.33. The molecule has 0 N–H and O–H groups in total. The quantitative estimate of drug-likeness (QED) is 0.688. The monoisotopic (exact) mass is 331 g/mol. The van der Waals surface area contributed by atoms with Crippen LogP contribution in [0.5, 0.6) is 0 Å². The summed E-state index contributed by atoms with van der Waals surface area (Å²) in [4.78, 5) is 18.8. The largest absolute Gasteiger partial charge is 0.342 e. The van der Waals surface area contributed by atoms with E-state index in [1.807, 2.05) is 23.2 Å². The molecular weight excluding hydrogens is 306 g/mol. The lowest BCUT2D eigenvalue weighted by molar-refractivity contribution is -0.128. The number of hydrogen-bond acceptors (Lipinski definition) is 3. The van der Waals surface area contributed by atoms with Gasteiger partial charge in [-0.3, -0.25) is 9.36 Å². The van der Waals surface area contributed by atoms with Gasteiger partial charge in [0.05, 0.1) is 11.4 Å². The summed E-state index contributed by atoms with van der Waals surface area (Å²) in [6.07, 6.45) is 5.72. The summed E-state index contributed by atoms with van der Waals surface area (Å²) < 4.78 is 2.05. The van der Waals surface area contributed by atoms with Crippen molar-refractivity contribution < 1.29 is 4.79 Å². The fourth-order valence-corrected chi connectivity index (χ4v) is 3.40. The third-order valence-electron chi connectivity index (χ3n) is 3.65. The van der Waals surface area contributed by atoms with E-state index in [-0.39, 0.29) is 5.91 Å². The summed E-state index contributed by atoms with van der Waals surface area (Å²) in [5.41, 5.74) is 2.30. The van der Waals surface area contributed by atoms with Gasteiger partial charge in [0, 0.05) is 25.5 Å². The van der Waals surface area contributed by atoms with Crippen molar-refractivity contribution in [3.05, 3.63) is 42.2 Å². The van der Waals surface area contributed by atoms with Gasteiger partial charge >= 0.3 is 0 Å². The average molecular weight is 331 g/mol. The van der Waals surface area contributed by atoms with Crippen LogP contribution in [0.4, 0.5) is 0 Å². The van der Waals surface area contributed by atoms with Crippen LogP contribution < -0.4 is 0 Å². The van der Waals surface area contributed by atoms with E-state index in [4.69, 9.17) is 0 Å². The van der Waals surface area contributed by atoms with Gasteiger partial charge in [0.25, 0.3) is 0 Å². The predicted octanol–water partition coefficient (Wildman–Crippen LogP) is 3.92. The molecule has 0 spiro atoms. The van der Waals surface area contributed by atoms with E-state index in [9.17, 15) is 4.79 Å². The standard InChI is InChI=1S/C18H25N3OS/c1-4-11-20(12-5-2)17(22)14-23-18-19-10-13-21(18)16-9-7-6-8-15(16)3/h6-10,13H,4-5,11-12,14H2,1-3H3. The molecule has 0 saturated carbocycles. The number of rotatable bonds is 8. The molecule has 0 unspecified atom stereocenters. The van der Waals surface area contributed by atoms with Crippen molar-refractivity contribution in [2.45, 2.75) is 38.8 Å². The van der Waals surface area contributed by atoms with Crippen molar-refractivity contribution in [3.63, 3.8) is 0 Å². The number of para-hydroxylation sites is 1. The Morgan fingerprint density at radius 3 is 2.57 bits per heavy atom. The van der Waals surface area contributed by atoms with E-state index in [0.29, 0.717) is 5.75 Å². The maximum Gasteiger partial charge on any atom is 0.233 e. The summed E-state index contributed by atoms with van der Waals surface area (Å²) >= 11 is 1.51. The van der Waals surface area contributed by atoms with Crippen LogP contribution in [0.25, 0.3) is 5.69 Å². The molecule has 5 heteroatoms. The van der Waals surface area contributed by atoms with Crippen LogP contribution in [0.3, 0.4) is 0 Å². The number of thioether (sulfide) groups is 1. The smallest absolute Gasteiger partial charge is 0.233 e. The maximum atomic E-state index is 12.4. The second-order valence-electron chi connectivity index (χ2n) is 5.54. The summed E-state index contributed by atoms with van der Waals surface area (Å²) in [6.45, 7) is 7.96. The van der Waals surface area contributed by atoms with Crippen molar-refractivity contribution in [1.82, 2.24) is 14.5 Å². The van der Waals surface area contributed by atoms with Gasteiger partial charge in [-0.25, -0.2) is 4.98 Å². The Hall–Kier alpha value is -1.75. The number of hydrogen-bond donors (Lipinski definition) is 0. The number of imidazole rings is 1. The Morgan fingerprint density at radius 2 is 1.91 bits per heavy atom. The molecule has 0 fully saturated rings. The minimum Gasteiger partial charge on any atom is -0.342 e. The van der Waals surface area contributed by atoms with Gasteiger partial charge in [0.1, 0.15) is 0 Å². The Labute approximate surface area is 142 Å². The summed E-state index contributed by atoms with van der Waals surface area (Å²) in [5, 5.41) is 0.862. The molecule has 0 bridgehead atoms. The fraction of sp³-hybridized carbons (Fsp3) is 0.444. The van der Waals surface area contributed by atoms with Crippen molar-refractivity contribution in [2.24, 2.45) is 0 Å².